The van der Waals surface area contributed by atoms with Crippen LogP contribution in [-0.2, 0) is 12.8 Å². The fraction of sp³-hybridized carbons (Fsp3) is 0.429. The van der Waals surface area contributed by atoms with E-state index in [0.29, 0.717) is 5.84 Å². The molecule has 0 radical (unpaired) electrons. The molecule has 18 heavy (non-hydrogen) atoms. The maximum absolute atomic E-state index is 12.0. The molecule has 1 aliphatic heterocycles. The number of aliphatic imine (C=N–C) groups is 1. The Hall–Kier alpha value is -1.84. The fourth-order valence-electron chi connectivity index (χ4n) is 3.23. The summed E-state index contributed by atoms with van der Waals surface area (Å²) >= 11 is 0. The number of nitrogens with two attached hydrogens (primary N) is 1. The van der Waals surface area contributed by atoms with Crippen molar-refractivity contribution in [1.29, 1.82) is 0 Å². The molecule has 1 aliphatic carbocycles. The molecule has 1 aromatic rings. The van der Waals surface area contributed by atoms with Crippen molar-refractivity contribution >= 4 is 11.9 Å². The number of fused-ring (bicyclic) bond motifs is 1. The third kappa shape index (κ3) is 1.32. The second-order valence-corrected chi connectivity index (χ2v) is 5.40. The van der Waals surface area contributed by atoms with E-state index in [-0.39, 0.29) is 12.1 Å². The Bertz CT molecular complexity index is 523. The van der Waals surface area contributed by atoms with E-state index >= 15 is 0 Å². The zero-order valence-corrected chi connectivity index (χ0v) is 10.7. The molecule has 0 aromatic heterocycles. The molecule has 2 amide bonds. The van der Waals surface area contributed by atoms with E-state index in [1.54, 1.807) is 0 Å². The predicted molar refractivity (Wildman–Crippen MR) is 70.6 cm³/mol. The minimum Gasteiger partial charge on any atom is -0.385 e. The molecule has 0 unspecified atom stereocenters. The summed E-state index contributed by atoms with van der Waals surface area (Å²) in [6.45, 7) is 4.02. The van der Waals surface area contributed by atoms with Gasteiger partial charge >= 0.3 is 6.03 Å². The number of carbonyl (C=O) groups is 1. The van der Waals surface area contributed by atoms with Crippen molar-refractivity contribution in [3.05, 3.63) is 35.4 Å². The van der Waals surface area contributed by atoms with Crippen LogP contribution in [0.1, 0.15) is 25.0 Å². The van der Waals surface area contributed by atoms with Gasteiger partial charge in [0, 0.05) is 18.9 Å². The van der Waals surface area contributed by atoms with E-state index < -0.39 is 5.54 Å². The average Bonchev–Trinajstić information content (AvgIpc) is 2.77. The van der Waals surface area contributed by atoms with Crippen molar-refractivity contribution in [2.75, 3.05) is 0 Å². The van der Waals surface area contributed by atoms with Gasteiger partial charge < -0.3 is 10.6 Å². The van der Waals surface area contributed by atoms with Crippen LogP contribution in [0.25, 0.3) is 0 Å². The highest BCUT2D eigenvalue weighted by Gasteiger charge is 2.52. The van der Waals surface area contributed by atoms with Crippen LogP contribution >= 0.6 is 0 Å². The van der Waals surface area contributed by atoms with Crippen LogP contribution in [0.3, 0.4) is 0 Å². The first-order chi connectivity index (χ1) is 8.54. The highest BCUT2D eigenvalue weighted by molar-refractivity contribution is 6.06. The summed E-state index contributed by atoms with van der Waals surface area (Å²) < 4.78 is 0. The summed E-state index contributed by atoms with van der Waals surface area (Å²) in [6, 6.07) is 8.19. The van der Waals surface area contributed by atoms with Gasteiger partial charge in [-0.25, -0.2) is 4.79 Å². The van der Waals surface area contributed by atoms with Gasteiger partial charge in [-0.05, 0) is 25.0 Å². The number of rotatable bonds is 1. The lowest BCUT2D eigenvalue weighted by molar-refractivity contribution is 0.151. The second-order valence-electron chi connectivity index (χ2n) is 5.40. The lowest BCUT2D eigenvalue weighted by Gasteiger charge is -2.37. The Morgan fingerprint density at radius 1 is 1.28 bits per heavy atom. The van der Waals surface area contributed by atoms with Gasteiger partial charge in [0.2, 0.25) is 0 Å². The number of amides is 2. The van der Waals surface area contributed by atoms with E-state index in [4.69, 9.17) is 5.73 Å². The van der Waals surface area contributed by atoms with Crippen molar-refractivity contribution in [3.8, 4) is 0 Å². The van der Waals surface area contributed by atoms with E-state index in [2.05, 4.69) is 17.1 Å². The number of carbonyl (C=O) groups excluding carboxylic acids is 1. The van der Waals surface area contributed by atoms with Crippen LogP contribution in [-0.4, -0.2) is 28.3 Å². The number of hydrogen-bond donors (Lipinski definition) is 1. The van der Waals surface area contributed by atoms with E-state index in [1.807, 2.05) is 30.9 Å². The number of nitrogens with zero attached hydrogens (tertiary/aromatic N) is 2. The Morgan fingerprint density at radius 2 is 1.83 bits per heavy atom. The number of benzene rings is 1. The molecule has 1 heterocycles. The summed E-state index contributed by atoms with van der Waals surface area (Å²) in [5.74, 6) is 0.470. The highest BCUT2D eigenvalue weighted by atomic mass is 16.2. The van der Waals surface area contributed by atoms with Crippen LogP contribution in [0.5, 0.6) is 0 Å². The van der Waals surface area contributed by atoms with Gasteiger partial charge in [-0.2, -0.15) is 4.99 Å². The normalized spacial score (nSPS) is 20.7. The van der Waals surface area contributed by atoms with Crippen LogP contribution in [0.15, 0.2) is 29.3 Å². The third-order valence-corrected chi connectivity index (χ3v) is 3.96. The lowest BCUT2D eigenvalue weighted by Crippen LogP contribution is -2.57. The van der Waals surface area contributed by atoms with Crippen LogP contribution in [0.4, 0.5) is 4.79 Å². The first-order valence-corrected chi connectivity index (χ1v) is 6.29. The van der Waals surface area contributed by atoms with Crippen LogP contribution < -0.4 is 5.73 Å². The van der Waals surface area contributed by atoms with Gasteiger partial charge in [0.1, 0.15) is 11.4 Å². The summed E-state index contributed by atoms with van der Waals surface area (Å²) in [5.41, 5.74) is 8.19. The smallest absolute Gasteiger partial charge is 0.346 e. The van der Waals surface area contributed by atoms with Crippen molar-refractivity contribution < 1.29 is 4.79 Å². The Kier molecular flexibility index (Phi) is 2.24. The first-order valence-electron chi connectivity index (χ1n) is 6.29. The number of urea groups is 1. The second kappa shape index (κ2) is 3.57. The SMILES string of the molecule is CC(C)N1C(=O)N=C(N)C12Cc1ccccc1C2. The maximum atomic E-state index is 12.0. The van der Waals surface area contributed by atoms with E-state index in [9.17, 15) is 4.79 Å². The molecule has 2 N–H and O–H groups in total. The fourth-order valence-corrected chi connectivity index (χ4v) is 3.23. The van der Waals surface area contributed by atoms with Gasteiger partial charge in [-0.15, -0.1) is 0 Å². The monoisotopic (exact) mass is 243 g/mol. The van der Waals surface area contributed by atoms with Crippen LogP contribution in [0, 0.1) is 0 Å². The third-order valence-electron chi connectivity index (χ3n) is 3.96. The molecule has 4 nitrogen and oxygen atoms in total. The van der Waals surface area contributed by atoms with E-state index in [0.717, 1.165) is 12.8 Å². The minimum atomic E-state index is -0.422. The highest BCUT2D eigenvalue weighted by Crippen LogP contribution is 2.39. The van der Waals surface area contributed by atoms with Gasteiger partial charge in [-0.1, -0.05) is 24.3 Å². The summed E-state index contributed by atoms with van der Waals surface area (Å²) in [6.07, 6.45) is 1.56. The Labute approximate surface area is 106 Å². The Balaban J connectivity index is 2.07. The topological polar surface area (TPSA) is 58.7 Å². The maximum Gasteiger partial charge on any atom is 0.346 e. The summed E-state index contributed by atoms with van der Waals surface area (Å²) in [7, 11) is 0. The van der Waals surface area contributed by atoms with Crippen molar-refractivity contribution in [2.24, 2.45) is 10.7 Å². The van der Waals surface area contributed by atoms with Crippen molar-refractivity contribution in [2.45, 2.75) is 38.3 Å². The first kappa shape index (κ1) is 11.3. The minimum absolute atomic E-state index is 0.108. The number of hydrogen-bond acceptors (Lipinski definition) is 2. The van der Waals surface area contributed by atoms with Gasteiger partial charge in [0.25, 0.3) is 0 Å². The molecule has 1 aromatic carbocycles. The summed E-state index contributed by atoms with van der Waals surface area (Å²) in [4.78, 5) is 17.8. The molecule has 0 saturated heterocycles. The average molecular weight is 243 g/mol. The zero-order chi connectivity index (χ0) is 12.9. The molecule has 1 spiro atoms. The summed E-state index contributed by atoms with van der Waals surface area (Å²) in [5, 5.41) is 0. The van der Waals surface area contributed by atoms with Crippen molar-refractivity contribution in [3.63, 3.8) is 0 Å². The molecule has 0 bridgehead atoms. The molecule has 0 fully saturated rings. The quantitative estimate of drug-likeness (QED) is 0.816. The zero-order valence-electron chi connectivity index (χ0n) is 10.7. The molecule has 0 atom stereocenters. The van der Waals surface area contributed by atoms with Gasteiger partial charge in [0.05, 0.1) is 0 Å². The number of amidine groups is 1. The van der Waals surface area contributed by atoms with Gasteiger partial charge in [0.15, 0.2) is 0 Å². The molecule has 4 heteroatoms. The van der Waals surface area contributed by atoms with Crippen LogP contribution in [0.2, 0.25) is 0 Å². The molecular formula is C14H17N3O. The largest absolute Gasteiger partial charge is 0.385 e. The van der Waals surface area contributed by atoms with Gasteiger partial charge in [-0.3, -0.25) is 0 Å². The lowest BCUT2D eigenvalue weighted by atomic mass is 9.92. The van der Waals surface area contributed by atoms with Crippen molar-refractivity contribution in [1.82, 2.24) is 4.90 Å². The standard InChI is InChI=1S/C14H17N3O/c1-9(2)17-13(18)16-12(15)14(17)7-10-5-3-4-6-11(10)8-14/h3-6,9H,7-8H2,1-2H3,(H2,15,16,18). The molecule has 0 saturated carbocycles. The molecular weight excluding hydrogens is 226 g/mol. The Morgan fingerprint density at radius 3 is 2.33 bits per heavy atom. The molecule has 94 valence electrons. The van der Waals surface area contributed by atoms with E-state index in [1.165, 1.54) is 11.1 Å². The molecule has 3 rings (SSSR count). The predicted octanol–water partition coefficient (Wildman–Crippen LogP) is 1.73. The molecule has 2 aliphatic rings.